The zero-order valence-corrected chi connectivity index (χ0v) is 11.5. The minimum absolute atomic E-state index is 0.149. The fourth-order valence-electron chi connectivity index (χ4n) is 1.24. The molecule has 0 aliphatic carbocycles. The minimum Gasteiger partial charge on any atom is -0.456 e. The summed E-state index contributed by atoms with van der Waals surface area (Å²) in [4.78, 5) is 15.9. The second-order valence-electron chi connectivity index (χ2n) is 4.79. The van der Waals surface area contributed by atoms with Gasteiger partial charge in [-0.2, -0.15) is 0 Å². The predicted octanol–water partition coefficient (Wildman–Crippen LogP) is 2.87. The Kier molecular flexibility index (Phi) is 4.73. The Hall–Kier alpha value is -1.55. The number of ether oxygens (including phenoxy) is 1. The highest BCUT2D eigenvalue weighted by Gasteiger charge is 2.17. The van der Waals surface area contributed by atoms with Gasteiger partial charge in [0.05, 0.1) is 17.1 Å². The van der Waals surface area contributed by atoms with Gasteiger partial charge in [0.25, 0.3) is 0 Å². The molecule has 0 heterocycles. The Labute approximate surface area is 112 Å². The Morgan fingerprint density at radius 3 is 2.67 bits per heavy atom. The van der Waals surface area contributed by atoms with E-state index < -0.39 is 5.60 Å². The highest BCUT2D eigenvalue weighted by molar-refractivity contribution is 6.28. The van der Waals surface area contributed by atoms with Crippen LogP contribution in [-0.4, -0.2) is 23.3 Å². The lowest BCUT2D eigenvalue weighted by Crippen LogP contribution is -2.23. The molecule has 2 N–H and O–H groups in total. The third kappa shape index (κ3) is 4.75. The minimum atomic E-state index is -0.522. The maximum atomic E-state index is 11.8. The van der Waals surface area contributed by atoms with Crippen molar-refractivity contribution in [2.45, 2.75) is 26.4 Å². The summed E-state index contributed by atoms with van der Waals surface area (Å²) >= 11 is 5.54. The van der Waals surface area contributed by atoms with Crippen LogP contribution in [0.2, 0.25) is 0 Å². The summed E-state index contributed by atoms with van der Waals surface area (Å²) in [5, 5.41) is 0. The normalized spacial score (nSPS) is 12.3. The summed E-state index contributed by atoms with van der Waals surface area (Å²) < 4.78 is 5.27. The molecule has 0 unspecified atom stereocenters. The molecular formula is C13H17ClN2O2. The van der Waals surface area contributed by atoms with E-state index in [1.807, 2.05) is 20.8 Å². The van der Waals surface area contributed by atoms with Crippen molar-refractivity contribution in [2.24, 2.45) is 10.7 Å². The maximum absolute atomic E-state index is 11.8. The first-order valence-corrected chi connectivity index (χ1v) is 6.07. The van der Waals surface area contributed by atoms with E-state index in [0.717, 1.165) is 0 Å². The first-order valence-electron chi connectivity index (χ1n) is 5.54. The lowest BCUT2D eigenvalue weighted by molar-refractivity contribution is 0.00696. The van der Waals surface area contributed by atoms with Crippen molar-refractivity contribution in [3.63, 3.8) is 0 Å². The van der Waals surface area contributed by atoms with Crippen LogP contribution in [0.4, 0.5) is 5.69 Å². The molecule has 0 spiro atoms. The zero-order chi connectivity index (χ0) is 13.8. The summed E-state index contributed by atoms with van der Waals surface area (Å²) in [5.74, 6) is 0.0680. The fourth-order valence-corrected chi connectivity index (χ4v) is 1.29. The van der Waals surface area contributed by atoms with E-state index in [1.54, 1.807) is 24.3 Å². The molecule has 0 aromatic heterocycles. The number of amidine groups is 1. The average molecular weight is 269 g/mol. The van der Waals surface area contributed by atoms with Gasteiger partial charge in [-0.15, -0.1) is 11.6 Å². The van der Waals surface area contributed by atoms with Crippen LogP contribution >= 0.6 is 11.6 Å². The quantitative estimate of drug-likeness (QED) is 0.397. The van der Waals surface area contributed by atoms with Gasteiger partial charge in [0.15, 0.2) is 0 Å². The van der Waals surface area contributed by atoms with Gasteiger partial charge in [-0.05, 0) is 39.0 Å². The molecular weight excluding hydrogens is 252 g/mol. The zero-order valence-electron chi connectivity index (χ0n) is 10.7. The number of nitrogens with two attached hydrogens (primary N) is 1. The predicted molar refractivity (Wildman–Crippen MR) is 73.6 cm³/mol. The number of benzene rings is 1. The highest BCUT2D eigenvalue weighted by atomic mass is 35.5. The van der Waals surface area contributed by atoms with Crippen molar-refractivity contribution in [3.8, 4) is 0 Å². The highest BCUT2D eigenvalue weighted by Crippen LogP contribution is 2.17. The average Bonchev–Trinajstić information content (AvgIpc) is 2.27. The number of carbonyl (C=O) groups is 1. The number of hydrogen-bond acceptors (Lipinski definition) is 3. The number of aliphatic imine (C=N–C) groups is 1. The number of alkyl halides is 1. The monoisotopic (exact) mass is 268 g/mol. The number of esters is 1. The molecule has 0 saturated carbocycles. The van der Waals surface area contributed by atoms with Crippen LogP contribution in [0.1, 0.15) is 31.1 Å². The van der Waals surface area contributed by atoms with Crippen LogP contribution in [0, 0.1) is 0 Å². The third-order valence-corrected chi connectivity index (χ3v) is 2.16. The Morgan fingerprint density at radius 1 is 1.44 bits per heavy atom. The van der Waals surface area contributed by atoms with Gasteiger partial charge >= 0.3 is 5.97 Å². The molecule has 0 amide bonds. The van der Waals surface area contributed by atoms with E-state index in [0.29, 0.717) is 17.1 Å². The van der Waals surface area contributed by atoms with Crippen molar-refractivity contribution in [2.75, 3.05) is 5.88 Å². The van der Waals surface area contributed by atoms with E-state index in [-0.39, 0.29) is 11.8 Å². The number of halogens is 1. The topological polar surface area (TPSA) is 64.7 Å². The van der Waals surface area contributed by atoms with Gasteiger partial charge < -0.3 is 10.5 Å². The first kappa shape index (κ1) is 14.5. The molecule has 5 heteroatoms. The fraction of sp³-hybridized carbons (Fsp3) is 0.385. The smallest absolute Gasteiger partial charge is 0.338 e. The summed E-state index contributed by atoms with van der Waals surface area (Å²) in [7, 11) is 0. The lowest BCUT2D eigenvalue weighted by atomic mass is 10.1. The SMILES string of the molecule is CC(C)(C)OC(=O)c1cccc(N=C(N)CCl)c1. The van der Waals surface area contributed by atoms with Crippen molar-refractivity contribution in [1.82, 2.24) is 0 Å². The van der Waals surface area contributed by atoms with Gasteiger partial charge in [0.1, 0.15) is 11.4 Å². The van der Waals surface area contributed by atoms with Gasteiger partial charge in [0, 0.05) is 0 Å². The van der Waals surface area contributed by atoms with E-state index in [4.69, 9.17) is 22.1 Å². The van der Waals surface area contributed by atoms with Crippen molar-refractivity contribution in [3.05, 3.63) is 29.8 Å². The Balaban J connectivity index is 2.92. The molecule has 0 radical (unpaired) electrons. The number of carbonyl (C=O) groups excluding carboxylic acids is 1. The molecule has 0 aliphatic rings. The van der Waals surface area contributed by atoms with Gasteiger partial charge in [-0.1, -0.05) is 6.07 Å². The van der Waals surface area contributed by atoms with Gasteiger partial charge in [-0.3, -0.25) is 0 Å². The first-order chi connectivity index (χ1) is 8.31. The van der Waals surface area contributed by atoms with E-state index in [2.05, 4.69) is 4.99 Å². The van der Waals surface area contributed by atoms with Crippen molar-refractivity contribution >= 4 is 29.1 Å². The molecule has 0 fully saturated rings. The molecule has 1 rings (SSSR count). The standard InChI is InChI=1S/C13H17ClN2O2/c1-13(2,3)18-12(17)9-5-4-6-10(7-9)16-11(15)8-14/h4-7H,8H2,1-3H3,(H2,15,16). The van der Waals surface area contributed by atoms with Crippen LogP contribution in [0.3, 0.4) is 0 Å². The largest absolute Gasteiger partial charge is 0.456 e. The van der Waals surface area contributed by atoms with E-state index >= 15 is 0 Å². The van der Waals surface area contributed by atoms with E-state index in [1.165, 1.54) is 0 Å². The van der Waals surface area contributed by atoms with Gasteiger partial charge in [-0.25, -0.2) is 9.79 Å². The van der Waals surface area contributed by atoms with Crippen molar-refractivity contribution < 1.29 is 9.53 Å². The second kappa shape index (κ2) is 5.87. The molecule has 0 atom stereocenters. The second-order valence-corrected chi connectivity index (χ2v) is 5.06. The molecule has 98 valence electrons. The molecule has 0 bridgehead atoms. The van der Waals surface area contributed by atoms with Crippen LogP contribution < -0.4 is 5.73 Å². The molecule has 18 heavy (non-hydrogen) atoms. The molecule has 0 aliphatic heterocycles. The van der Waals surface area contributed by atoms with Crippen LogP contribution in [-0.2, 0) is 4.74 Å². The van der Waals surface area contributed by atoms with Crippen LogP contribution in [0.25, 0.3) is 0 Å². The van der Waals surface area contributed by atoms with Crippen LogP contribution in [0.5, 0.6) is 0 Å². The van der Waals surface area contributed by atoms with E-state index in [9.17, 15) is 4.79 Å². The van der Waals surface area contributed by atoms with Crippen LogP contribution in [0.15, 0.2) is 29.3 Å². The number of nitrogens with zero attached hydrogens (tertiary/aromatic N) is 1. The number of rotatable bonds is 3. The summed E-state index contributed by atoms with van der Waals surface area (Å²) in [6, 6.07) is 6.75. The summed E-state index contributed by atoms with van der Waals surface area (Å²) in [6.07, 6.45) is 0. The maximum Gasteiger partial charge on any atom is 0.338 e. The molecule has 1 aromatic carbocycles. The lowest BCUT2D eigenvalue weighted by Gasteiger charge is -2.19. The summed E-state index contributed by atoms with van der Waals surface area (Å²) in [6.45, 7) is 5.45. The Bertz CT molecular complexity index is 464. The molecule has 0 saturated heterocycles. The Morgan fingerprint density at radius 2 is 2.11 bits per heavy atom. The third-order valence-electron chi connectivity index (χ3n) is 1.89. The summed E-state index contributed by atoms with van der Waals surface area (Å²) in [5.41, 5.74) is 6.03. The molecule has 1 aromatic rings. The van der Waals surface area contributed by atoms with Gasteiger partial charge in [0.2, 0.25) is 0 Å². The molecule has 4 nitrogen and oxygen atoms in total. The van der Waals surface area contributed by atoms with Crippen molar-refractivity contribution in [1.29, 1.82) is 0 Å². The number of hydrogen-bond donors (Lipinski definition) is 1.